The third-order valence-corrected chi connectivity index (χ3v) is 2.99. The van der Waals surface area contributed by atoms with E-state index >= 15 is 0 Å². The first-order valence-electron chi connectivity index (χ1n) is 5.98. The molecule has 1 aliphatic heterocycles. The van der Waals surface area contributed by atoms with Crippen LogP contribution in [0.1, 0.15) is 25.0 Å². The van der Waals surface area contributed by atoms with Crippen molar-refractivity contribution in [3.8, 4) is 0 Å². The topological polar surface area (TPSA) is 49.3 Å². The van der Waals surface area contributed by atoms with Gasteiger partial charge in [0, 0.05) is 37.4 Å². The van der Waals surface area contributed by atoms with Gasteiger partial charge >= 0.3 is 0 Å². The number of nitrogens with one attached hydrogen (secondary N) is 2. The second-order valence-corrected chi connectivity index (χ2v) is 5.34. The summed E-state index contributed by atoms with van der Waals surface area (Å²) in [6.45, 7) is 9.13. The predicted octanol–water partition coefficient (Wildman–Crippen LogP) is 1.47. The molecular weight excluding hydrogens is 212 g/mol. The second kappa shape index (κ2) is 4.73. The maximum absolute atomic E-state index is 4.50. The number of hydrogen-bond donors (Lipinski definition) is 2. The Morgan fingerprint density at radius 2 is 2.29 bits per heavy atom. The van der Waals surface area contributed by atoms with Crippen molar-refractivity contribution in [3.05, 3.63) is 29.6 Å². The summed E-state index contributed by atoms with van der Waals surface area (Å²) in [6, 6.07) is 2.02. The van der Waals surface area contributed by atoms with Crippen molar-refractivity contribution in [3.63, 3.8) is 0 Å². The highest BCUT2D eigenvalue weighted by Gasteiger charge is 2.21. The molecule has 92 valence electrons. The predicted molar refractivity (Wildman–Crippen MR) is 69.9 cm³/mol. The van der Waals surface area contributed by atoms with E-state index in [0.29, 0.717) is 0 Å². The van der Waals surface area contributed by atoms with E-state index < -0.39 is 0 Å². The number of rotatable bonds is 2. The monoisotopic (exact) mass is 232 g/mol. The van der Waals surface area contributed by atoms with Crippen LogP contribution in [0.2, 0.25) is 0 Å². The van der Waals surface area contributed by atoms with E-state index in [1.54, 1.807) is 0 Å². The van der Waals surface area contributed by atoms with Crippen LogP contribution in [0.4, 0.5) is 0 Å². The number of pyridine rings is 1. The third-order valence-electron chi connectivity index (χ3n) is 2.99. The first-order chi connectivity index (χ1) is 8.07. The summed E-state index contributed by atoms with van der Waals surface area (Å²) in [6.07, 6.45) is 3.72. The van der Waals surface area contributed by atoms with Gasteiger partial charge in [0.15, 0.2) is 5.96 Å². The lowest BCUT2D eigenvalue weighted by molar-refractivity contribution is 0.358. The fourth-order valence-electron chi connectivity index (χ4n) is 1.71. The summed E-state index contributed by atoms with van der Waals surface area (Å²) >= 11 is 0. The van der Waals surface area contributed by atoms with Crippen LogP contribution in [0.5, 0.6) is 0 Å². The summed E-state index contributed by atoms with van der Waals surface area (Å²) in [4.78, 5) is 8.63. The van der Waals surface area contributed by atoms with E-state index in [9.17, 15) is 0 Å². The number of aryl methyl sites for hydroxylation is 1. The van der Waals surface area contributed by atoms with Gasteiger partial charge < -0.3 is 10.6 Å². The molecule has 1 aromatic rings. The van der Waals surface area contributed by atoms with Gasteiger partial charge in [0.2, 0.25) is 0 Å². The lowest BCUT2D eigenvalue weighted by Gasteiger charge is -2.29. The molecule has 0 aliphatic carbocycles. The van der Waals surface area contributed by atoms with E-state index in [-0.39, 0.29) is 5.41 Å². The number of nitrogens with zero attached hydrogens (tertiary/aromatic N) is 2. The maximum atomic E-state index is 4.50. The Morgan fingerprint density at radius 1 is 1.47 bits per heavy atom. The minimum atomic E-state index is 0.259. The van der Waals surface area contributed by atoms with E-state index in [0.717, 1.165) is 25.6 Å². The van der Waals surface area contributed by atoms with E-state index in [4.69, 9.17) is 0 Å². The molecule has 0 fully saturated rings. The van der Waals surface area contributed by atoms with Gasteiger partial charge in [0.25, 0.3) is 0 Å². The van der Waals surface area contributed by atoms with Crippen LogP contribution in [0.25, 0.3) is 0 Å². The summed E-state index contributed by atoms with van der Waals surface area (Å²) in [7, 11) is 0. The van der Waals surface area contributed by atoms with Gasteiger partial charge in [-0.1, -0.05) is 13.8 Å². The molecule has 4 nitrogen and oxygen atoms in total. The summed E-state index contributed by atoms with van der Waals surface area (Å²) in [5, 5.41) is 6.63. The van der Waals surface area contributed by atoms with Crippen LogP contribution in [0.15, 0.2) is 23.5 Å². The molecule has 0 aromatic carbocycles. The zero-order valence-electron chi connectivity index (χ0n) is 10.7. The lowest BCUT2D eigenvalue weighted by Crippen LogP contribution is -2.47. The highest BCUT2D eigenvalue weighted by molar-refractivity contribution is 5.80. The minimum absolute atomic E-state index is 0.259. The minimum Gasteiger partial charge on any atom is -0.356 e. The van der Waals surface area contributed by atoms with Gasteiger partial charge in [-0.2, -0.15) is 0 Å². The molecule has 0 bridgehead atoms. The van der Waals surface area contributed by atoms with Crippen LogP contribution >= 0.6 is 0 Å². The largest absolute Gasteiger partial charge is 0.356 e. The molecule has 0 amide bonds. The van der Waals surface area contributed by atoms with Crippen molar-refractivity contribution < 1.29 is 0 Å². The van der Waals surface area contributed by atoms with E-state index in [2.05, 4.69) is 41.4 Å². The maximum Gasteiger partial charge on any atom is 0.191 e. The van der Waals surface area contributed by atoms with Crippen LogP contribution in [-0.4, -0.2) is 24.0 Å². The van der Waals surface area contributed by atoms with E-state index in [1.165, 1.54) is 11.1 Å². The Bertz CT molecular complexity index is 423. The second-order valence-electron chi connectivity index (χ2n) is 5.34. The van der Waals surface area contributed by atoms with Gasteiger partial charge in [0.1, 0.15) is 0 Å². The number of aromatic nitrogens is 1. The molecule has 0 atom stereocenters. The van der Waals surface area contributed by atoms with Crippen molar-refractivity contribution in [1.82, 2.24) is 15.6 Å². The molecule has 2 heterocycles. The van der Waals surface area contributed by atoms with Crippen LogP contribution in [0, 0.1) is 12.3 Å². The average Bonchev–Trinajstić information content (AvgIpc) is 2.30. The number of guanidine groups is 1. The van der Waals surface area contributed by atoms with Crippen LogP contribution < -0.4 is 10.6 Å². The fraction of sp³-hybridized carbons (Fsp3) is 0.538. The molecule has 2 rings (SSSR count). The Hall–Kier alpha value is -1.58. The van der Waals surface area contributed by atoms with Crippen molar-refractivity contribution in [1.29, 1.82) is 0 Å². The van der Waals surface area contributed by atoms with E-state index in [1.807, 2.05) is 18.5 Å². The van der Waals surface area contributed by atoms with Gasteiger partial charge in [-0.05, 0) is 24.1 Å². The first kappa shape index (κ1) is 11.9. The highest BCUT2D eigenvalue weighted by atomic mass is 15.2. The lowest BCUT2D eigenvalue weighted by atomic mass is 9.93. The standard InChI is InChI=1S/C13H20N4/c1-10-4-5-14-6-11(10)7-15-12-16-8-13(2,3)9-17-12/h4-6H,7-9H2,1-3H3,(H2,15,16,17). The van der Waals surface area contributed by atoms with Crippen LogP contribution in [-0.2, 0) is 6.54 Å². The average molecular weight is 232 g/mol. The Morgan fingerprint density at radius 3 is 2.94 bits per heavy atom. The highest BCUT2D eigenvalue weighted by Crippen LogP contribution is 2.16. The molecule has 17 heavy (non-hydrogen) atoms. The molecule has 0 saturated carbocycles. The molecule has 2 N–H and O–H groups in total. The van der Waals surface area contributed by atoms with Crippen LogP contribution in [0.3, 0.4) is 0 Å². The van der Waals surface area contributed by atoms with Gasteiger partial charge in [-0.25, -0.2) is 0 Å². The van der Waals surface area contributed by atoms with Crippen molar-refractivity contribution in [2.24, 2.45) is 10.4 Å². The van der Waals surface area contributed by atoms with Gasteiger partial charge in [-0.3, -0.25) is 9.98 Å². The summed E-state index contributed by atoms with van der Waals surface area (Å²) in [5.41, 5.74) is 2.72. The number of hydrogen-bond acceptors (Lipinski definition) is 4. The molecular formula is C13H20N4. The smallest absolute Gasteiger partial charge is 0.191 e. The summed E-state index contributed by atoms with van der Waals surface area (Å²) in [5.74, 6) is 0.896. The molecule has 1 aromatic heterocycles. The molecule has 0 unspecified atom stereocenters. The SMILES string of the molecule is Cc1ccncc1CNC1=NCC(C)(C)CN1. The first-order valence-corrected chi connectivity index (χ1v) is 5.98. The molecule has 0 saturated heterocycles. The zero-order chi connectivity index (χ0) is 12.3. The Balaban J connectivity index is 1.92. The van der Waals surface area contributed by atoms with Crippen molar-refractivity contribution >= 4 is 5.96 Å². The third kappa shape index (κ3) is 3.19. The van der Waals surface area contributed by atoms with Gasteiger partial charge in [0.05, 0.1) is 0 Å². The van der Waals surface area contributed by atoms with Crippen molar-refractivity contribution in [2.75, 3.05) is 13.1 Å². The Kier molecular flexibility index (Phi) is 3.31. The quantitative estimate of drug-likeness (QED) is 0.811. The zero-order valence-corrected chi connectivity index (χ0v) is 10.7. The Labute approximate surface area is 103 Å². The van der Waals surface area contributed by atoms with Crippen molar-refractivity contribution in [2.45, 2.75) is 27.3 Å². The molecule has 0 spiro atoms. The fourth-order valence-corrected chi connectivity index (χ4v) is 1.71. The molecule has 1 aliphatic rings. The molecule has 0 radical (unpaired) electrons. The molecule has 4 heteroatoms. The number of aliphatic imine (C=N–C) groups is 1. The normalized spacial score (nSPS) is 18.2. The van der Waals surface area contributed by atoms with Gasteiger partial charge in [-0.15, -0.1) is 0 Å². The summed E-state index contributed by atoms with van der Waals surface area (Å²) < 4.78 is 0.